The molecular formula is C11H8ClN3O4. The minimum Gasteiger partial charge on any atom is -0.489 e. The van der Waals surface area contributed by atoms with Crippen LogP contribution in [0.2, 0.25) is 5.15 Å². The van der Waals surface area contributed by atoms with Crippen molar-refractivity contribution >= 4 is 17.3 Å². The van der Waals surface area contributed by atoms with E-state index in [1.165, 1.54) is 31.6 Å². The second kappa shape index (κ2) is 5.49. The molecule has 0 radical (unpaired) electrons. The molecule has 0 atom stereocenters. The third kappa shape index (κ3) is 2.89. The standard InChI is InChI=1S/C11H8ClN3O4/c1-18-9-10(12)13-6-14-11(9)19-8-4-2-3-7(5-8)15(16)17/h2-6H,1H3. The van der Waals surface area contributed by atoms with Crippen LogP contribution < -0.4 is 9.47 Å². The molecule has 1 aromatic heterocycles. The Bertz CT molecular complexity index is 621. The largest absolute Gasteiger partial charge is 0.489 e. The molecule has 0 unspecified atom stereocenters. The highest BCUT2D eigenvalue weighted by Crippen LogP contribution is 2.34. The molecule has 0 aliphatic carbocycles. The van der Waals surface area contributed by atoms with E-state index in [1.807, 2.05) is 0 Å². The van der Waals surface area contributed by atoms with Crippen molar-refractivity contribution in [1.29, 1.82) is 0 Å². The zero-order valence-corrected chi connectivity index (χ0v) is 10.5. The van der Waals surface area contributed by atoms with Gasteiger partial charge in [0, 0.05) is 6.07 Å². The molecule has 8 heteroatoms. The number of nitrogens with zero attached hydrogens (tertiary/aromatic N) is 3. The summed E-state index contributed by atoms with van der Waals surface area (Å²) in [5, 5.41) is 10.8. The van der Waals surface area contributed by atoms with Crippen molar-refractivity contribution in [3.63, 3.8) is 0 Å². The predicted molar refractivity (Wildman–Crippen MR) is 66.8 cm³/mol. The monoisotopic (exact) mass is 281 g/mol. The summed E-state index contributed by atoms with van der Waals surface area (Å²) in [6, 6.07) is 5.69. The van der Waals surface area contributed by atoms with Gasteiger partial charge in [0.05, 0.1) is 18.1 Å². The third-order valence-corrected chi connectivity index (χ3v) is 2.44. The first-order chi connectivity index (χ1) is 9.11. The van der Waals surface area contributed by atoms with E-state index in [9.17, 15) is 10.1 Å². The van der Waals surface area contributed by atoms with E-state index >= 15 is 0 Å². The molecule has 0 aliphatic rings. The first-order valence-corrected chi connectivity index (χ1v) is 5.46. The smallest absolute Gasteiger partial charge is 0.273 e. The van der Waals surface area contributed by atoms with Crippen LogP contribution in [0.25, 0.3) is 0 Å². The Morgan fingerprint density at radius 3 is 2.84 bits per heavy atom. The molecule has 19 heavy (non-hydrogen) atoms. The van der Waals surface area contributed by atoms with Crippen LogP contribution in [0.15, 0.2) is 30.6 Å². The maximum Gasteiger partial charge on any atom is 0.273 e. The Morgan fingerprint density at radius 1 is 1.37 bits per heavy atom. The zero-order chi connectivity index (χ0) is 13.8. The maximum absolute atomic E-state index is 10.7. The zero-order valence-electron chi connectivity index (χ0n) is 9.74. The molecule has 1 aromatic carbocycles. The van der Waals surface area contributed by atoms with Gasteiger partial charge in [-0.15, -0.1) is 0 Å². The van der Waals surface area contributed by atoms with Crippen molar-refractivity contribution in [3.05, 3.63) is 45.9 Å². The van der Waals surface area contributed by atoms with Crippen molar-refractivity contribution in [2.45, 2.75) is 0 Å². The van der Waals surface area contributed by atoms with Gasteiger partial charge in [-0.3, -0.25) is 10.1 Å². The molecule has 2 aromatic rings. The molecule has 98 valence electrons. The van der Waals surface area contributed by atoms with Gasteiger partial charge in [-0.05, 0) is 6.07 Å². The van der Waals surface area contributed by atoms with Crippen LogP contribution in [-0.2, 0) is 0 Å². The second-order valence-electron chi connectivity index (χ2n) is 3.36. The lowest BCUT2D eigenvalue weighted by Crippen LogP contribution is -1.96. The summed E-state index contributed by atoms with van der Waals surface area (Å²) in [5.41, 5.74) is -0.0865. The van der Waals surface area contributed by atoms with Crippen LogP contribution in [0, 0.1) is 10.1 Å². The molecule has 2 rings (SSSR count). The molecule has 0 bridgehead atoms. The summed E-state index contributed by atoms with van der Waals surface area (Å²) >= 11 is 5.81. The summed E-state index contributed by atoms with van der Waals surface area (Å²) < 4.78 is 10.4. The number of nitro groups is 1. The summed E-state index contributed by atoms with van der Waals surface area (Å²) in [6.07, 6.45) is 1.21. The fourth-order valence-corrected chi connectivity index (χ4v) is 1.56. The number of hydrogen-bond acceptors (Lipinski definition) is 6. The molecule has 0 saturated heterocycles. The minimum absolute atomic E-state index is 0.0861. The van der Waals surface area contributed by atoms with Gasteiger partial charge in [-0.2, -0.15) is 4.98 Å². The number of ether oxygens (including phenoxy) is 2. The van der Waals surface area contributed by atoms with Gasteiger partial charge in [0.1, 0.15) is 12.1 Å². The van der Waals surface area contributed by atoms with Gasteiger partial charge in [-0.25, -0.2) is 4.98 Å². The summed E-state index contributed by atoms with van der Waals surface area (Å²) in [4.78, 5) is 17.8. The van der Waals surface area contributed by atoms with Gasteiger partial charge >= 0.3 is 0 Å². The number of nitro benzene ring substituents is 1. The highest BCUT2D eigenvalue weighted by Gasteiger charge is 2.14. The second-order valence-corrected chi connectivity index (χ2v) is 3.72. The average Bonchev–Trinajstić information content (AvgIpc) is 2.39. The Hall–Kier alpha value is -2.41. The highest BCUT2D eigenvalue weighted by atomic mass is 35.5. The number of rotatable bonds is 4. The molecule has 0 spiro atoms. The first-order valence-electron chi connectivity index (χ1n) is 5.08. The number of halogens is 1. The van der Waals surface area contributed by atoms with Gasteiger partial charge in [0.2, 0.25) is 5.75 Å². The van der Waals surface area contributed by atoms with E-state index in [0.29, 0.717) is 0 Å². The van der Waals surface area contributed by atoms with E-state index < -0.39 is 4.92 Å². The number of aromatic nitrogens is 2. The summed E-state index contributed by atoms with van der Waals surface area (Å²) in [6.45, 7) is 0. The van der Waals surface area contributed by atoms with Crippen LogP contribution in [0.4, 0.5) is 5.69 Å². The lowest BCUT2D eigenvalue weighted by Gasteiger charge is -2.09. The molecular weight excluding hydrogens is 274 g/mol. The van der Waals surface area contributed by atoms with Crippen LogP contribution in [-0.4, -0.2) is 22.0 Å². The third-order valence-electron chi connectivity index (χ3n) is 2.17. The number of benzene rings is 1. The van der Waals surface area contributed by atoms with Crippen LogP contribution in [0.1, 0.15) is 0 Å². The topological polar surface area (TPSA) is 87.4 Å². The lowest BCUT2D eigenvalue weighted by molar-refractivity contribution is -0.384. The molecule has 0 N–H and O–H groups in total. The van der Waals surface area contributed by atoms with Crippen molar-refractivity contribution < 1.29 is 14.4 Å². The number of methoxy groups -OCH3 is 1. The minimum atomic E-state index is -0.517. The fourth-order valence-electron chi connectivity index (χ4n) is 1.35. The van der Waals surface area contributed by atoms with Crippen molar-refractivity contribution in [2.24, 2.45) is 0 Å². The Labute approximate surface area is 112 Å². The van der Waals surface area contributed by atoms with Crippen molar-refractivity contribution in [2.75, 3.05) is 7.11 Å². The quantitative estimate of drug-likeness (QED) is 0.486. The number of hydrogen-bond donors (Lipinski definition) is 0. The fraction of sp³-hybridized carbons (Fsp3) is 0.0909. The van der Waals surface area contributed by atoms with Gasteiger partial charge < -0.3 is 9.47 Å². The lowest BCUT2D eigenvalue weighted by atomic mass is 10.3. The maximum atomic E-state index is 10.7. The molecule has 1 heterocycles. The van der Waals surface area contributed by atoms with E-state index in [4.69, 9.17) is 21.1 Å². The summed E-state index contributed by atoms with van der Waals surface area (Å²) in [7, 11) is 1.39. The van der Waals surface area contributed by atoms with Crippen LogP contribution >= 0.6 is 11.6 Å². The molecule has 0 aliphatic heterocycles. The van der Waals surface area contributed by atoms with Crippen LogP contribution in [0.5, 0.6) is 17.4 Å². The molecule has 0 saturated carbocycles. The highest BCUT2D eigenvalue weighted by molar-refractivity contribution is 6.31. The Balaban J connectivity index is 2.33. The van der Waals surface area contributed by atoms with E-state index in [2.05, 4.69) is 9.97 Å². The van der Waals surface area contributed by atoms with Crippen LogP contribution in [0.3, 0.4) is 0 Å². The normalized spacial score (nSPS) is 10.0. The Kier molecular flexibility index (Phi) is 3.76. The van der Waals surface area contributed by atoms with Gasteiger partial charge in [-0.1, -0.05) is 17.7 Å². The van der Waals surface area contributed by atoms with E-state index in [1.54, 1.807) is 6.07 Å². The first kappa shape index (κ1) is 13.0. The predicted octanol–water partition coefficient (Wildman–Crippen LogP) is 2.84. The average molecular weight is 282 g/mol. The molecule has 0 fully saturated rings. The summed E-state index contributed by atoms with van der Waals surface area (Å²) in [5.74, 6) is 0.501. The van der Waals surface area contributed by atoms with Crippen molar-refractivity contribution in [1.82, 2.24) is 9.97 Å². The van der Waals surface area contributed by atoms with Gasteiger partial charge in [0.25, 0.3) is 11.6 Å². The molecule has 7 nitrogen and oxygen atoms in total. The Morgan fingerprint density at radius 2 is 2.16 bits per heavy atom. The number of non-ortho nitro benzene ring substituents is 1. The SMILES string of the molecule is COc1c(Cl)ncnc1Oc1cccc([N+](=O)[O-])c1. The van der Waals surface area contributed by atoms with Gasteiger partial charge in [0.15, 0.2) is 5.15 Å². The van der Waals surface area contributed by atoms with E-state index in [-0.39, 0.29) is 28.2 Å². The molecule has 0 amide bonds. The van der Waals surface area contributed by atoms with E-state index in [0.717, 1.165) is 0 Å². The van der Waals surface area contributed by atoms with Crippen molar-refractivity contribution in [3.8, 4) is 17.4 Å².